The summed E-state index contributed by atoms with van der Waals surface area (Å²) in [6.45, 7) is 1.11. The Kier molecular flexibility index (Phi) is 2.12. The van der Waals surface area contributed by atoms with E-state index in [1.165, 1.54) is 44.9 Å². The van der Waals surface area contributed by atoms with Crippen molar-refractivity contribution in [2.24, 2.45) is 29.6 Å². The fourth-order valence-electron chi connectivity index (χ4n) is 5.07. The third kappa shape index (κ3) is 1.48. The first kappa shape index (κ1) is 10.4. The van der Waals surface area contributed by atoms with Crippen LogP contribution in [0.15, 0.2) is 0 Å². The van der Waals surface area contributed by atoms with Gasteiger partial charge < -0.3 is 0 Å². The average molecular weight is 230 g/mol. The van der Waals surface area contributed by atoms with Crippen LogP contribution in [0, 0.1) is 40.9 Å². The van der Waals surface area contributed by atoms with Crippen molar-refractivity contribution in [3.63, 3.8) is 0 Å². The number of hydrogen-bond acceptors (Lipinski definition) is 2. The molecule has 0 amide bonds. The molecule has 1 N–H and O–H groups in total. The van der Waals surface area contributed by atoms with Crippen LogP contribution in [0.4, 0.5) is 0 Å². The predicted molar refractivity (Wildman–Crippen MR) is 66.1 cm³/mol. The zero-order chi connectivity index (χ0) is 11.5. The Morgan fingerprint density at radius 2 is 1.59 bits per heavy atom. The van der Waals surface area contributed by atoms with E-state index in [0.29, 0.717) is 11.8 Å². The number of nitrogens with one attached hydrogen (secondary N) is 1. The lowest BCUT2D eigenvalue weighted by atomic mass is 9.49. The van der Waals surface area contributed by atoms with Crippen molar-refractivity contribution in [1.82, 2.24) is 5.32 Å². The fourth-order valence-corrected chi connectivity index (χ4v) is 5.07. The lowest BCUT2D eigenvalue weighted by molar-refractivity contribution is -0.0468. The van der Waals surface area contributed by atoms with E-state index in [4.69, 9.17) is 0 Å². The van der Waals surface area contributed by atoms with Gasteiger partial charge in [-0.3, -0.25) is 5.32 Å². The standard InChI is InChI=1S/C15H22N2/c16-9-15(17-8-10-1-2-10)13-4-11-3-12(6-13)7-14(15)5-11/h10-14,17H,1-8H2. The molecule has 0 aliphatic heterocycles. The van der Waals surface area contributed by atoms with Crippen molar-refractivity contribution in [1.29, 1.82) is 5.26 Å². The molecule has 0 unspecified atom stereocenters. The highest BCUT2D eigenvalue weighted by Gasteiger charge is 2.57. The molecule has 0 atom stereocenters. The molecule has 5 saturated carbocycles. The lowest BCUT2D eigenvalue weighted by Gasteiger charge is -2.58. The molecule has 5 aliphatic carbocycles. The second kappa shape index (κ2) is 3.48. The van der Waals surface area contributed by atoms with Crippen LogP contribution in [0.25, 0.3) is 0 Å². The molecule has 0 radical (unpaired) electrons. The van der Waals surface area contributed by atoms with Crippen molar-refractivity contribution in [3.8, 4) is 6.07 Å². The first-order valence-electron chi connectivity index (χ1n) is 7.46. The van der Waals surface area contributed by atoms with Crippen LogP contribution < -0.4 is 5.32 Å². The van der Waals surface area contributed by atoms with Crippen molar-refractivity contribution < 1.29 is 0 Å². The Labute approximate surface area is 104 Å². The molecular weight excluding hydrogens is 208 g/mol. The molecule has 0 aromatic heterocycles. The van der Waals surface area contributed by atoms with E-state index < -0.39 is 0 Å². The SMILES string of the molecule is N#CC1(NCC2CC2)C2CC3CC(C2)CC1C3. The molecule has 4 bridgehead atoms. The van der Waals surface area contributed by atoms with Crippen LogP contribution in [0.3, 0.4) is 0 Å². The van der Waals surface area contributed by atoms with Gasteiger partial charge in [-0.1, -0.05) is 0 Å². The normalized spacial score (nSPS) is 51.5. The van der Waals surface area contributed by atoms with E-state index >= 15 is 0 Å². The Morgan fingerprint density at radius 3 is 2.06 bits per heavy atom. The zero-order valence-electron chi connectivity index (χ0n) is 10.5. The van der Waals surface area contributed by atoms with Gasteiger partial charge >= 0.3 is 0 Å². The molecule has 5 rings (SSSR count). The van der Waals surface area contributed by atoms with E-state index in [9.17, 15) is 5.26 Å². The van der Waals surface area contributed by atoms with Gasteiger partial charge in [0.2, 0.25) is 0 Å². The summed E-state index contributed by atoms with van der Waals surface area (Å²) in [4.78, 5) is 0. The van der Waals surface area contributed by atoms with Crippen molar-refractivity contribution in [3.05, 3.63) is 0 Å². The summed E-state index contributed by atoms with van der Waals surface area (Å²) in [5, 5.41) is 13.5. The summed E-state index contributed by atoms with van der Waals surface area (Å²) in [5.41, 5.74) is -0.129. The number of hydrogen-bond donors (Lipinski definition) is 1. The highest BCUT2D eigenvalue weighted by molar-refractivity contribution is 5.21. The maximum atomic E-state index is 9.77. The third-order valence-corrected chi connectivity index (χ3v) is 5.99. The second-order valence-corrected chi connectivity index (χ2v) is 7.11. The van der Waals surface area contributed by atoms with Crippen LogP contribution in [0.1, 0.15) is 44.9 Å². The minimum atomic E-state index is -0.129. The molecule has 0 spiro atoms. The van der Waals surface area contributed by atoms with Crippen LogP contribution in [0.2, 0.25) is 0 Å². The van der Waals surface area contributed by atoms with Crippen LogP contribution in [0.5, 0.6) is 0 Å². The molecule has 0 aromatic rings. The quantitative estimate of drug-likeness (QED) is 0.809. The van der Waals surface area contributed by atoms with E-state index in [1.807, 2.05) is 0 Å². The maximum Gasteiger partial charge on any atom is 0.112 e. The largest absolute Gasteiger partial charge is 0.299 e. The van der Waals surface area contributed by atoms with Gasteiger partial charge in [-0.15, -0.1) is 0 Å². The molecule has 2 heteroatoms. The Morgan fingerprint density at radius 1 is 1.00 bits per heavy atom. The summed E-state index contributed by atoms with van der Waals surface area (Å²) < 4.78 is 0. The second-order valence-electron chi connectivity index (χ2n) is 7.11. The van der Waals surface area contributed by atoms with Gasteiger partial charge in [0.15, 0.2) is 0 Å². The van der Waals surface area contributed by atoms with Crippen molar-refractivity contribution >= 4 is 0 Å². The van der Waals surface area contributed by atoms with Crippen LogP contribution in [-0.2, 0) is 0 Å². The Hall–Kier alpha value is -0.550. The summed E-state index contributed by atoms with van der Waals surface area (Å²) in [5.74, 6) is 4.14. The molecule has 17 heavy (non-hydrogen) atoms. The molecule has 0 saturated heterocycles. The minimum absolute atomic E-state index is 0.129. The maximum absolute atomic E-state index is 9.77. The number of nitrogens with zero attached hydrogens (tertiary/aromatic N) is 1. The molecule has 5 aliphatic rings. The summed E-state index contributed by atoms with van der Waals surface area (Å²) in [7, 11) is 0. The monoisotopic (exact) mass is 230 g/mol. The summed E-state index contributed by atoms with van der Waals surface area (Å²) in [6.07, 6.45) is 9.56. The third-order valence-electron chi connectivity index (χ3n) is 5.99. The highest BCUT2D eigenvalue weighted by atomic mass is 15.0. The van der Waals surface area contributed by atoms with Gasteiger partial charge in [-0.05, 0) is 81.1 Å². The van der Waals surface area contributed by atoms with Gasteiger partial charge in [0.25, 0.3) is 0 Å². The van der Waals surface area contributed by atoms with Gasteiger partial charge in [0.1, 0.15) is 5.54 Å². The van der Waals surface area contributed by atoms with E-state index in [0.717, 1.165) is 24.3 Å². The van der Waals surface area contributed by atoms with Gasteiger partial charge in [0, 0.05) is 0 Å². The van der Waals surface area contributed by atoms with E-state index in [2.05, 4.69) is 11.4 Å². The van der Waals surface area contributed by atoms with E-state index in [-0.39, 0.29) is 5.54 Å². The molecule has 0 aromatic carbocycles. The first-order valence-corrected chi connectivity index (χ1v) is 7.46. The summed E-state index contributed by atoms with van der Waals surface area (Å²) >= 11 is 0. The lowest BCUT2D eigenvalue weighted by Crippen LogP contribution is -2.64. The smallest absolute Gasteiger partial charge is 0.112 e. The Bertz CT molecular complexity index is 336. The van der Waals surface area contributed by atoms with Gasteiger partial charge in [-0.2, -0.15) is 5.26 Å². The average Bonchev–Trinajstić information content (AvgIpc) is 3.12. The van der Waals surface area contributed by atoms with Crippen LogP contribution >= 0.6 is 0 Å². The highest BCUT2D eigenvalue weighted by Crippen LogP contribution is 2.58. The molecule has 92 valence electrons. The van der Waals surface area contributed by atoms with Crippen molar-refractivity contribution in [2.75, 3.05) is 6.54 Å². The van der Waals surface area contributed by atoms with Gasteiger partial charge in [-0.25, -0.2) is 0 Å². The minimum Gasteiger partial charge on any atom is -0.299 e. The van der Waals surface area contributed by atoms with Crippen LogP contribution in [-0.4, -0.2) is 12.1 Å². The fraction of sp³-hybridized carbons (Fsp3) is 0.933. The predicted octanol–water partition coefficient (Wildman–Crippen LogP) is 2.70. The number of rotatable bonds is 3. The zero-order valence-corrected chi connectivity index (χ0v) is 10.5. The number of nitriles is 1. The summed E-state index contributed by atoms with van der Waals surface area (Å²) in [6, 6.07) is 2.73. The first-order chi connectivity index (χ1) is 8.30. The topological polar surface area (TPSA) is 35.8 Å². The molecular formula is C15H22N2. The van der Waals surface area contributed by atoms with Gasteiger partial charge in [0.05, 0.1) is 6.07 Å². The van der Waals surface area contributed by atoms with Crippen molar-refractivity contribution in [2.45, 2.75) is 50.5 Å². The molecule has 5 fully saturated rings. The molecule has 0 heterocycles. The Balaban J connectivity index is 1.59. The van der Waals surface area contributed by atoms with E-state index in [1.54, 1.807) is 0 Å². The molecule has 2 nitrogen and oxygen atoms in total.